The Bertz CT molecular complexity index is 571. The van der Waals surface area contributed by atoms with E-state index in [4.69, 9.17) is 21.3 Å². The molecular formula is C13H20N2O5S. The van der Waals surface area contributed by atoms with Crippen LogP contribution in [0.15, 0.2) is 29.2 Å². The molecule has 0 spiro atoms. The number of carboxylic acids is 1. The lowest BCUT2D eigenvalue weighted by Gasteiger charge is -2.16. The quantitative estimate of drug-likeness (QED) is 0.589. The van der Waals surface area contributed by atoms with E-state index in [1.807, 2.05) is 6.92 Å². The number of ether oxygens (including phenoxy) is 1. The zero-order chi connectivity index (χ0) is 16.0. The van der Waals surface area contributed by atoms with Crippen LogP contribution >= 0.6 is 0 Å². The SMILES string of the molecule is CCCCOc1ccc(S(=O)(=O)C(N)C(N)C(=O)O)cc1. The molecule has 2 unspecified atom stereocenters. The second kappa shape index (κ2) is 7.39. The molecule has 0 aromatic heterocycles. The van der Waals surface area contributed by atoms with Crippen LogP contribution in [0.4, 0.5) is 0 Å². The lowest BCUT2D eigenvalue weighted by Crippen LogP contribution is -2.51. The minimum Gasteiger partial charge on any atom is -0.494 e. The average molecular weight is 316 g/mol. The summed E-state index contributed by atoms with van der Waals surface area (Å²) >= 11 is 0. The van der Waals surface area contributed by atoms with Gasteiger partial charge in [-0.2, -0.15) is 0 Å². The third-order valence-corrected chi connectivity index (χ3v) is 4.86. The largest absolute Gasteiger partial charge is 0.494 e. The normalized spacial score (nSPS) is 14.4. The van der Waals surface area contributed by atoms with Crippen molar-refractivity contribution in [2.45, 2.75) is 36.1 Å². The Balaban J connectivity index is 2.87. The zero-order valence-corrected chi connectivity index (χ0v) is 12.5. The second-order valence-electron chi connectivity index (χ2n) is 4.55. The Kier molecular flexibility index (Phi) is 6.13. The van der Waals surface area contributed by atoms with Gasteiger partial charge in [0.25, 0.3) is 0 Å². The molecule has 1 aromatic carbocycles. The first-order valence-electron chi connectivity index (χ1n) is 6.51. The topological polar surface area (TPSA) is 133 Å². The fraction of sp³-hybridized carbons (Fsp3) is 0.462. The summed E-state index contributed by atoms with van der Waals surface area (Å²) in [5, 5.41) is 7.03. The Morgan fingerprint density at radius 1 is 1.29 bits per heavy atom. The molecule has 0 aliphatic rings. The van der Waals surface area contributed by atoms with E-state index in [9.17, 15) is 13.2 Å². The minimum absolute atomic E-state index is 0.0884. The minimum atomic E-state index is -4.01. The Labute approximate surface area is 123 Å². The molecule has 118 valence electrons. The van der Waals surface area contributed by atoms with Gasteiger partial charge in [0.2, 0.25) is 0 Å². The van der Waals surface area contributed by atoms with Crippen molar-refractivity contribution in [3.63, 3.8) is 0 Å². The molecule has 0 radical (unpaired) electrons. The fourth-order valence-corrected chi connectivity index (χ4v) is 2.88. The number of unbranched alkanes of at least 4 members (excludes halogenated alkanes) is 1. The van der Waals surface area contributed by atoms with Gasteiger partial charge >= 0.3 is 5.97 Å². The number of aliphatic carboxylic acids is 1. The van der Waals surface area contributed by atoms with Gasteiger partial charge in [0.15, 0.2) is 9.84 Å². The van der Waals surface area contributed by atoms with E-state index in [2.05, 4.69) is 0 Å². The van der Waals surface area contributed by atoms with Crippen LogP contribution < -0.4 is 16.2 Å². The number of rotatable bonds is 8. The number of hydrogen-bond donors (Lipinski definition) is 3. The van der Waals surface area contributed by atoms with Crippen LogP contribution in [0.1, 0.15) is 19.8 Å². The van der Waals surface area contributed by atoms with Gasteiger partial charge in [0, 0.05) is 0 Å². The van der Waals surface area contributed by atoms with Crippen molar-refractivity contribution in [1.29, 1.82) is 0 Å². The fourth-order valence-electron chi connectivity index (χ4n) is 1.55. The third-order valence-electron chi connectivity index (χ3n) is 2.92. The molecule has 0 saturated heterocycles. The molecule has 0 aliphatic carbocycles. The van der Waals surface area contributed by atoms with Crippen molar-refractivity contribution >= 4 is 15.8 Å². The number of sulfone groups is 1. The maximum Gasteiger partial charge on any atom is 0.323 e. The molecule has 5 N–H and O–H groups in total. The van der Waals surface area contributed by atoms with Crippen LogP contribution in [0.3, 0.4) is 0 Å². The number of hydrogen-bond acceptors (Lipinski definition) is 6. The van der Waals surface area contributed by atoms with Crippen molar-refractivity contribution in [3.8, 4) is 5.75 Å². The third kappa shape index (κ3) is 4.42. The van der Waals surface area contributed by atoms with Crippen LogP contribution in [0, 0.1) is 0 Å². The summed E-state index contributed by atoms with van der Waals surface area (Å²) in [4.78, 5) is 10.6. The summed E-state index contributed by atoms with van der Waals surface area (Å²) in [5.41, 5.74) is 10.7. The van der Waals surface area contributed by atoms with Crippen LogP contribution in [0.2, 0.25) is 0 Å². The summed E-state index contributed by atoms with van der Waals surface area (Å²) in [7, 11) is -4.01. The highest BCUT2D eigenvalue weighted by molar-refractivity contribution is 7.92. The van der Waals surface area contributed by atoms with Gasteiger partial charge in [-0.1, -0.05) is 13.3 Å². The number of carboxylic acid groups (broad SMARTS) is 1. The first kappa shape index (κ1) is 17.4. The van der Waals surface area contributed by atoms with E-state index in [0.29, 0.717) is 12.4 Å². The summed E-state index contributed by atoms with van der Waals surface area (Å²) < 4.78 is 29.7. The average Bonchev–Trinajstić information content (AvgIpc) is 2.46. The van der Waals surface area contributed by atoms with E-state index in [1.165, 1.54) is 24.3 Å². The highest BCUT2D eigenvalue weighted by Crippen LogP contribution is 2.19. The zero-order valence-electron chi connectivity index (χ0n) is 11.7. The van der Waals surface area contributed by atoms with Crippen LogP contribution in [0.25, 0.3) is 0 Å². The second-order valence-corrected chi connectivity index (χ2v) is 6.65. The molecule has 1 aromatic rings. The standard InChI is InChI=1S/C13H20N2O5S/c1-2-3-8-20-9-4-6-10(7-5-9)21(18,19)12(15)11(14)13(16)17/h4-7,11-12H,2-3,8,14-15H2,1H3,(H,16,17). The molecule has 7 nitrogen and oxygen atoms in total. The number of benzene rings is 1. The van der Waals surface area contributed by atoms with Crippen molar-refractivity contribution in [2.24, 2.45) is 11.5 Å². The van der Waals surface area contributed by atoms with Gasteiger partial charge in [0.05, 0.1) is 11.5 Å². The highest BCUT2D eigenvalue weighted by atomic mass is 32.2. The predicted octanol–water partition coefficient (Wildman–Crippen LogP) is 0.336. The summed E-state index contributed by atoms with van der Waals surface area (Å²) in [6.45, 7) is 2.58. The summed E-state index contributed by atoms with van der Waals surface area (Å²) in [6, 6.07) is 3.97. The summed E-state index contributed by atoms with van der Waals surface area (Å²) in [6.07, 6.45) is 1.90. The molecule has 21 heavy (non-hydrogen) atoms. The lowest BCUT2D eigenvalue weighted by molar-refractivity contribution is -0.138. The molecule has 0 bridgehead atoms. The monoisotopic (exact) mass is 316 g/mol. The van der Waals surface area contributed by atoms with Gasteiger partial charge in [-0.15, -0.1) is 0 Å². The van der Waals surface area contributed by atoms with E-state index in [1.54, 1.807) is 0 Å². The lowest BCUT2D eigenvalue weighted by atomic mass is 10.3. The summed E-state index contributed by atoms with van der Waals surface area (Å²) in [5.74, 6) is -0.927. The maximum absolute atomic E-state index is 12.1. The van der Waals surface area contributed by atoms with Crippen molar-refractivity contribution in [3.05, 3.63) is 24.3 Å². The van der Waals surface area contributed by atoms with E-state index in [-0.39, 0.29) is 4.90 Å². The van der Waals surface area contributed by atoms with Crippen molar-refractivity contribution < 1.29 is 23.1 Å². The molecule has 8 heteroatoms. The number of nitrogens with two attached hydrogens (primary N) is 2. The maximum atomic E-state index is 12.1. The Morgan fingerprint density at radius 3 is 2.33 bits per heavy atom. The van der Waals surface area contributed by atoms with E-state index >= 15 is 0 Å². The van der Waals surface area contributed by atoms with E-state index < -0.39 is 27.2 Å². The van der Waals surface area contributed by atoms with Gasteiger partial charge in [-0.3, -0.25) is 4.79 Å². The molecular weight excluding hydrogens is 296 g/mol. The Hall–Kier alpha value is -1.64. The van der Waals surface area contributed by atoms with Crippen molar-refractivity contribution in [2.75, 3.05) is 6.61 Å². The Morgan fingerprint density at radius 2 is 1.86 bits per heavy atom. The molecule has 0 amide bonds. The molecule has 0 saturated carbocycles. The molecule has 1 rings (SSSR count). The van der Waals surface area contributed by atoms with Crippen LogP contribution in [-0.4, -0.2) is 37.5 Å². The molecule has 2 atom stereocenters. The van der Waals surface area contributed by atoms with E-state index in [0.717, 1.165) is 12.8 Å². The van der Waals surface area contributed by atoms with Crippen LogP contribution in [-0.2, 0) is 14.6 Å². The first-order chi connectivity index (χ1) is 9.80. The van der Waals surface area contributed by atoms with Gasteiger partial charge < -0.3 is 21.3 Å². The smallest absolute Gasteiger partial charge is 0.323 e. The number of carbonyl (C=O) groups is 1. The van der Waals surface area contributed by atoms with Gasteiger partial charge in [0.1, 0.15) is 17.2 Å². The van der Waals surface area contributed by atoms with Crippen LogP contribution in [0.5, 0.6) is 5.75 Å². The van der Waals surface area contributed by atoms with Crippen molar-refractivity contribution in [1.82, 2.24) is 0 Å². The van der Waals surface area contributed by atoms with Gasteiger partial charge in [-0.05, 0) is 30.7 Å². The predicted molar refractivity (Wildman–Crippen MR) is 77.6 cm³/mol. The highest BCUT2D eigenvalue weighted by Gasteiger charge is 2.33. The molecule has 0 heterocycles. The first-order valence-corrected chi connectivity index (χ1v) is 8.06. The van der Waals surface area contributed by atoms with Gasteiger partial charge in [-0.25, -0.2) is 8.42 Å². The molecule has 0 aliphatic heterocycles. The molecule has 0 fully saturated rings.